The molecule has 0 fully saturated rings. The summed E-state index contributed by atoms with van der Waals surface area (Å²) < 4.78 is 16.6. The molecule has 2 aromatic rings. The van der Waals surface area contributed by atoms with Gasteiger partial charge in [0.25, 0.3) is 0 Å². The zero-order chi connectivity index (χ0) is 19.6. The molecule has 0 aliphatic carbocycles. The van der Waals surface area contributed by atoms with Gasteiger partial charge in [-0.15, -0.1) is 24.0 Å². The van der Waals surface area contributed by atoms with E-state index in [4.69, 9.17) is 13.9 Å². The first-order valence-electron chi connectivity index (χ1n) is 9.12. The fourth-order valence-electron chi connectivity index (χ4n) is 2.50. The van der Waals surface area contributed by atoms with E-state index in [1.807, 2.05) is 13.8 Å². The number of rotatable bonds is 9. The number of nitrogens with one attached hydrogen (secondary N) is 2. The molecule has 0 saturated heterocycles. The van der Waals surface area contributed by atoms with Gasteiger partial charge in [0, 0.05) is 39.3 Å². The first-order valence-corrected chi connectivity index (χ1v) is 9.12. The summed E-state index contributed by atoms with van der Waals surface area (Å²) in [6, 6.07) is 6.20. The minimum Gasteiger partial charge on any atom is -0.493 e. The Morgan fingerprint density at radius 1 is 1.14 bits per heavy atom. The van der Waals surface area contributed by atoms with Crippen LogP contribution in [0.5, 0.6) is 5.75 Å². The van der Waals surface area contributed by atoms with E-state index in [-0.39, 0.29) is 24.0 Å². The van der Waals surface area contributed by atoms with E-state index in [0.717, 1.165) is 34.8 Å². The van der Waals surface area contributed by atoms with Crippen LogP contribution in [0.3, 0.4) is 0 Å². The molecule has 2 N–H and O–H groups in total. The van der Waals surface area contributed by atoms with Crippen molar-refractivity contribution in [3.63, 3.8) is 0 Å². The Labute approximate surface area is 184 Å². The molecule has 0 amide bonds. The molecule has 0 unspecified atom stereocenters. The number of ether oxygens (including phenoxy) is 2. The molecular weight excluding hydrogens is 471 g/mol. The third-order valence-corrected chi connectivity index (χ3v) is 4.12. The standard InChI is InChI=1S/C20H30N4O3.HI/c1-14-7-8-17(18(11-14)26-10-6-9-25-5)12-22-20(21-4)23-13-19-24-15(2)16(3)27-19;/h7-8,11H,6,9-10,12-13H2,1-5H3,(H2,21,22,23);1H. The number of aryl methyl sites for hydroxylation is 3. The van der Waals surface area contributed by atoms with Gasteiger partial charge < -0.3 is 24.5 Å². The van der Waals surface area contributed by atoms with Gasteiger partial charge in [0.05, 0.1) is 18.8 Å². The van der Waals surface area contributed by atoms with Crippen molar-refractivity contribution in [2.75, 3.05) is 27.4 Å². The van der Waals surface area contributed by atoms with Crippen LogP contribution in [0, 0.1) is 20.8 Å². The van der Waals surface area contributed by atoms with E-state index in [2.05, 4.69) is 45.7 Å². The second kappa shape index (κ2) is 12.6. The summed E-state index contributed by atoms with van der Waals surface area (Å²) in [6.07, 6.45) is 0.857. The Hall–Kier alpha value is -1.81. The monoisotopic (exact) mass is 502 g/mol. The van der Waals surface area contributed by atoms with Crippen molar-refractivity contribution < 1.29 is 13.9 Å². The van der Waals surface area contributed by atoms with Crippen LogP contribution < -0.4 is 15.4 Å². The van der Waals surface area contributed by atoms with Gasteiger partial charge in [-0.05, 0) is 32.4 Å². The lowest BCUT2D eigenvalue weighted by Crippen LogP contribution is -2.36. The highest BCUT2D eigenvalue weighted by Crippen LogP contribution is 2.20. The summed E-state index contributed by atoms with van der Waals surface area (Å²) in [5, 5.41) is 6.52. The largest absolute Gasteiger partial charge is 0.493 e. The highest BCUT2D eigenvalue weighted by Gasteiger charge is 2.08. The molecule has 1 aromatic heterocycles. The van der Waals surface area contributed by atoms with Crippen LogP contribution in [-0.2, 0) is 17.8 Å². The van der Waals surface area contributed by atoms with E-state index in [1.54, 1.807) is 14.2 Å². The lowest BCUT2D eigenvalue weighted by Gasteiger charge is -2.15. The molecule has 0 spiro atoms. The van der Waals surface area contributed by atoms with Crippen LogP contribution in [0.2, 0.25) is 0 Å². The number of hydrogen-bond acceptors (Lipinski definition) is 5. The Balaban J connectivity index is 0.00000392. The van der Waals surface area contributed by atoms with Crippen molar-refractivity contribution >= 4 is 29.9 Å². The molecular formula is C20H31IN4O3. The average molecular weight is 502 g/mol. The van der Waals surface area contributed by atoms with Crippen LogP contribution in [0.1, 0.15) is 34.9 Å². The van der Waals surface area contributed by atoms with E-state index in [9.17, 15) is 0 Å². The highest BCUT2D eigenvalue weighted by atomic mass is 127. The lowest BCUT2D eigenvalue weighted by molar-refractivity contribution is 0.171. The van der Waals surface area contributed by atoms with Gasteiger partial charge in [0.1, 0.15) is 11.5 Å². The van der Waals surface area contributed by atoms with E-state index in [1.165, 1.54) is 0 Å². The molecule has 28 heavy (non-hydrogen) atoms. The smallest absolute Gasteiger partial charge is 0.214 e. The number of aliphatic imine (C=N–C) groups is 1. The van der Waals surface area contributed by atoms with Crippen molar-refractivity contribution in [1.82, 2.24) is 15.6 Å². The molecule has 7 nitrogen and oxygen atoms in total. The fraction of sp³-hybridized carbons (Fsp3) is 0.500. The summed E-state index contributed by atoms with van der Waals surface area (Å²) in [7, 11) is 3.43. The predicted molar refractivity (Wildman–Crippen MR) is 122 cm³/mol. The number of aromatic nitrogens is 1. The Kier molecular flexibility index (Phi) is 10.9. The SMILES string of the molecule is CN=C(NCc1nc(C)c(C)o1)NCc1ccc(C)cc1OCCCOC.I. The van der Waals surface area contributed by atoms with Crippen molar-refractivity contribution in [2.24, 2.45) is 4.99 Å². The van der Waals surface area contributed by atoms with Gasteiger partial charge in [-0.1, -0.05) is 12.1 Å². The maximum atomic E-state index is 5.93. The summed E-state index contributed by atoms with van der Waals surface area (Å²) in [6.45, 7) is 8.28. The number of benzene rings is 1. The van der Waals surface area contributed by atoms with Crippen molar-refractivity contribution in [1.29, 1.82) is 0 Å². The van der Waals surface area contributed by atoms with Crippen molar-refractivity contribution in [2.45, 2.75) is 40.3 Å². The molecule has 156 valence electrons. The molecule has 0 bridgehead atoms. The molecule has 8 heteroatoms. The Morgan fingerprint density at radius 3 is 2.54 bits per heavy atom. The molecule has 0 saturated carbocycles. The number of oxazole rings is 1. The molecule has 0 radical (unpaired) electrons. The van der Waals surface area contributed by atoms with Gasteiger partial charge >= 0.3 is 0 Å². The maximum Gasteiger partial charge on any atom is 0.214 e. The first kappa shape index (κ1) is 24.2. The topological polar surface area (TPSA) is 80.9 Å². The zero-order valence-corrected chi connectivity index (χ0v) is 19.6. The van der Waals surface area contributed by atoms with Crippen LogP contribution >= 0.6 is 24.0 Å². The van der Waals surface area contributed by atoms with Crippen LogP contribution in [0.15, 0.2) is 27.6 Å². The number of guanidine groups is 1. The molecule has 1 aromatic carbocycles. The van der Waals surface area contributed by atoms with Gasteiger partial charge in [-0.3, -0.25) is 4.99 Å². The van der Waals surface area contributed by atoms with Crippen molar-refractivity contribution in [3.05, 3.63) is 46.7 Å². The number of nitrogens with zero attached hydrogens (tertiary/aromatic N) is 2. The Bertz CT molecular complexity index is 742. The molecule has 2 rings (SSSR count). The number of methoxy groups -OCH3 is 1. The molecule has 0 aliphatic rings. The van der Waals surface area contributed by atoms with Gasteiger partial charge in [0.15, 0.2) is 5.96 Å². The molecule has 0 atom stereocenters. The highest BCUT2D eigenvalue weighted by molar-refractivity contribution is 14.0. The van der Waals surface area contributed by atoms with Crippen LogP contribution in [0.4, 0.5) is 0 Å². The third kappa shape index (κ3) is 7.67. The summed E-state index contributed by atoms with van der Waals surface area (Å²) >= 11 is 0. The Morgan fingerprint density at radius 2 is 1.89 bits per heavy atom. The molecule has 1 heterocycles. The summed E-state index contributed by atoms with van der Waals surface area (Å²) in [5.41, 5.74) is 3.14. The van der Waals surface area contributed by atoms with E-state index >= 15 is 0 Å². The average Bonchev–Trinajstić information content (AvgIpc) is 2.98. The van der Waals surface area contributed by atoms with Crippen LogP contribution in [-0.4, -0.2) is 38.3 Å². The van der Waals surface area contributed by atoms with Gasteiger partial charge in [-0.2, -0.15) is 0 Å². The predicted octanol–water partition coefficient (Wildman–Crippen LogP) is 3.50. The zero-order valence-electron chi connectivity index (χ0n) is 17.3. The minimum absolute atomic E-state index is 0. The van der Waals surface area contributed by atoms with Crippen LogP contribution in [0.25, 0.3) is 0 Å². The number of hydrogen-bond donors (Lipinski definition) is 2. The second-order valence-corrected chi connectivity index (χ2v) is 6.33. The van der Waals surface area contributed by atoms with Crippen molar-refractivity contribution in [3.8, 4) is 5.75 Å². The molecule has 0 aliphatic heterocycles. The second-order valence-electron chi connectivity index (χ2n) is 6.33. The quantitative estimate of drug-likeness (QED) is 0.237. The van der Waals surface area contributed by atoms with E-state index in [0.29, 0.717) is 38.2 Å². The lowest BCUT2D eigenvalue weighted by atomic mass is 10.1. The number of halogens is 1. The van der Waals surface area contributed by atoms with Gasteiger partial charge in [-0.25, -0.2) is 4.98 Å². The summed E-state index contributed by atoms with van der Waals surface area (Å²) in [4.78, 5) is 8.61. The third-order valence-electron chi connectivity index (χ3n) is 4.12. The normalized spacial score (nSPS) is 11.1. The van der Waals surface area contributed by atoms with E-state index < -0.39 is 0 Å². The first-order chi connectivity index (χ1) is 13.0. The van der Waals surface area contributed by atoms with Gasteiger partial charge in [0.2, 0.25) is 5.89 Å². The fourth-order valence-corrected chi connectivity index (χ4v) is 2.50. The minimum atomic E-state index is 0. The summed E-state index contributed by atoms with van der Waals surface area (Å²) in [5.74, 6) is 3.04. The maximum absolute atomic E-state index is 5.93.